The molecule has 0 aliphatic rings. The number of nitrogens with zero attached hydrogens (tertiary/aromatic N) is 2. The number of amides is 2. The lowest BCUT2D eigenvalue weighted by Gasteiger charge is -2.22. The molecule has 1 unspecified atom stereocenters. The van der Waals surface area contributed by atoms with Gasteiger partial charge in [-0.2, -0.15) is 9.78 Å². The highest BCUT2D eigenvalue weighted by Gasteiger charge is 2.25. The molecule has 5 rings (SSSR count). The minimum absolute atomic E-state index is 0.0152. The summed E-state index contributed by atoms with van der Waals surface area (Å²) in [7, 11) is 0. The maximum absolute atomic E-state index is 14.0. The van der Waals surface area contributed by atoms with Crippen LogP contribution in [0.4, 0.5) is 15.3 Å². The predicted octanol–water partition coefficient (Wildman–Crippen LogP) is 7.64. The fraction of sp³-hybridized carbons (Fsp3) is 0.297. The standard InChI is InChI=1S/C37H41N5O6/c1-36(2,3)47-34(44)39-21-30(25-14-10-15-27(18-25)46-23-24-12-8-7-9-13-24)33(43)41-31-17-11-16-28-29(20-38-32(28)31)26-19-40-42(22-26)35(45)48-37(4,5)6/h7-20,22,30,38H,21,23H2,1-6H3,(H,39,44)(H,41,43). The number of anilines is 1. The first kappa shape index (κ1) is 33.8. The quantitative estimate of drug-likeness (QED) is 0.149. The van der Waals surface area contributed by atoms with Gasteiger partial charge in [-0.25, -0.2) is 9.59 Å². The van der Waals surface area contributed by atoms with Crippen molar-refractivity contribution in [3.05, 3.63) is 103 Å². The van der Waals surface area contributed by atoms with Crippen molar-refractivity contribution in [2.24, 2.45) is 0 Å². The number of hydrogen-bond acceptors (Lipinski definition) is 7. The first-order valence-electron chi connectivity index (χ1n) is 15.7. The molecule has 5 aromatic rings. The Balaban J connectivity index is 1.38. The van der Waals surface area contributed by atoms with E-state index in [0.717, 1.165) is 21.2 Å². The number of H-pyrrole nitrogens is 1. The summed E-state index contributed by atoms with van der Waals surface area (Å²) in [5.41, 5.74) is 3.03. The molecular weight excluding hydrogens is 610 g/mol. The SMILES string of the molecule is CC(C)(C)OC(=O)NCC(C(=O)Nc1cccc2c(-c3cnn(C(=O)OC(C)(C)C)c3)c[nH]c12)c1cccc(OCc2ccccc2)c1. The number of aromatic amines is 1. The molecule has 2 amide bonds. The van der Waals surface area contributed by atoms with Crippen LogP contribution in [-0.4, -0.2) is 50.6 Å². The van der Waals surface area contributed by atoms with Gasteiger partial charge >= 0.3 is 12.2 Å². The van der Waals surface area contributed by atoms with E-state index in [1.807, 2.05) is 60.7 Å². The number of aromatic nitrogens is 3. The summed E-state index contributed by atoms with van der Waals surface area (Å²) >= 11 is 0. The molecule has 0 bridgehead atoms. The molecule has 2 heterocycles. The summed E-state index contributed by atoms with van der Waals surface area (Å²) in [5.74, 6) is -0.531. The molecule has 250 valence electrons. The molecule has 0 aliphatic carbocycles. The van der Waals surface area contributed by atoms with Crippen LogP contribution >= 0.6 is 0 Å². The highest BCUT2D eigenvalue weighted by molar-refractivity contribution is 6.07. The monoisotopic (exact) mass is 651 g/mol. The first-order valence-corrected chi connectivity index (χ1v) is 15.7. The Morgan fingerprint density at radius 1 is 0.896 bits per heavy atom. The van der Waals surface area contributed by atoms with Crippen molar-refractivity contribution in [3.63, 3.8) is 0 Å². The van der Waals surface area contributed by atoms with Crippen LogP contribution < -0.4 is 15.4 Å². The number of nitrogens with one attached hydrogen (secondary N) is 3. The molecule has 3 aromatic carbocycles. The Kier molecular flexibility index (Phi) is 9.88. The molecule has 3 N–H and O–H groups in total. The molecule has 11 nitrogen and oxygen atoms in total. The molecule has 11 heteroatoms. The van der Waals surface area contributed by atoms with Gasteiger partial charge in [0.2, 0.25) is 5.91 Å². The maximum atomic E-state index is 14.0. The van der Waals surface area contributed by atoms with Gasteiger partial charge in [-0.05, 0) is 70.9 Å². The van der Waals surface area contributed by atoms with Gasteiger partial charge in [-0.3, -0.25) is 4.79 Å². The molecule has 0 fully saturated rings. The number of rotatable bonds is 9. The van der Waals surface area contributed by atoms with Crippen LogP contribution in [0.15, 0.2) is 91.4 Å². The zero-order chi connectivity index (χ0) is 34.5. The summed E-state index contributed by atoms with van der Waals surface area (Å²) in [5, 5.41) is 10.8. The summed E-state index contributed by atoms with van der Waals surface area (Å²) in [6.45, 7) is 11.1. The molecule has 0 spiro atoms. The Morgan fingerprint density at radius 3 is 2.35 bits per heavy atom. The topological polar surface area (TPSA) is 137 Å². The number of fused-ring (bicyclic) bond motifs is 1. The van der Waals surface area contributed by atoms with Crippen molar-refractivity contribution in [3.8, 4) is 16.9 Å². The number of alkyl carbamates (subject to hydrolysis) is 1. The lowest BCUT2D eigenvalue weighted by atomic mass is 9.97. The van der Waals surface area contributed by atoms with Crippen LogP contribution in [-0.2, 0) is 20.9 Å². The van der Waals surface area contributed by atoms with Gasteiger partial charge < -0.3 is 29.8 Å². The minimum atomic E-state index is -0.783. The molecule has 0 aliphatic heterocycles. The average molecular weight is 652 g/mol. The van der Waals surface area contributed by atoms with Gasteiger partial charge in [0.05, 0.1) is 23.3 Å². The van der Waals surface area contributed by atoms with Crippen LogP contribution in [0.3, 0.4) is 0 Å². The average Bonchev–Trinajstić information content (AvgIpc) is 3.68. The number of benzene rings is 3. The third kappa shape index (κ3) is 8.81. The van der Waals surface area contributed by atoms with Crippen LogP contribution in [0.2, 0.25) is 0 Å². The molecule has 48 heavy (non-hydrogen) atoms. The van der Waals surface area contributed by atoms with E-state index in [1.54, 1.807) is 72.3 Å². The Labute approximate surface area is 279 Å². The van der Waals surface area contributed by atoms with Crippen molar-refractivity contribution < 1.29 is 28.6 Å². The zero-order valence-electron chi connectivity index (χ0n) is 28.0. The smallest absolute Gasteiger partial charge is 0.435 e. The van der Waals surface area contributed by atoms with E-state index < -0.39 is 29.3 Å². The van der Waals surface area contributed by atoms with E-state index in [0.29, 0.717) is 34.7 Å². The number of ether oxygens (including phenoxy) is 3. The van der Waals surface area contributed by atoms with E-state index in [1.165, 1.54) is 0 Å². The lowest BCUT2D eigenvalue weighted by Crippen LogP contribution is -2.37. The fourth-order valence-corrected chi connectivity index (χ4v) is 5.01. The summed E-state index contributed by atoms with van der Waals surface area (Å²) in [6, 6.07) is 22.6. The van der Waals surface area contributed by atoms with Gasteiger partial charge in [0.1, 0.15) is 23.6 Å². The van der Waals surface area contributed by atoms with Gasteiger partial charge in [-0.15, -0.1) is 0 Å². The number of para-hydroxylation sites is 1. The van der Waals surface area contributed by atoms with E-state index in [9.17, 15) is 14.4 Å². The van der Waals surface area contributed by atoms with Crippen molar-refractivity contribution in [2.75, 3.05) is 11.9 Å². The largest absolute Gasteiger partial charge is 0.489 e. The van der Waals surface area contributed by atoms with E-state index in [2.05, 4.69) is 20.7 Å². The summed E-state index contributed by atoms with van der Waals surface area (Å²) in [6.07, 6.45) is 3.78. The van der Waals surface area contributed by atoms with Crippen LogP contribution in [0.1, 0.15) is 58.6 Å². The van der Waals surface area contributed by atoms with Crippen LogP contribution in [0, 0.1) is 0 Å². The highest BCUT2D eigenvalue weighted by atomic mass is 16.6. The summed E-state index contributed by atoms with van der Waals surface area (Å²) in [4.78, 5) is 42.4. The normalized spacial score (nSPS) is 12.3. The number of carbonyl (C=O) groups excluding carboxylic acids is 3. The molecule has 1 atom stereocenters. The van der Waals surface area contributed by atoms with Gasteiger partial charge in [0.15, 0.2) is 0 Å². The van der Waals surface area contributed by atoms with E-state index in [4.69, 9.17) is 14.2 Å². The molecule has 0 saturated carbocycles. The third-order valence-electron chi connectivity index (χ3n) is 7.12. The second kappa shape index (κ2) is 14.0. The predicted molar refractivity (Wildman–Crippen MR) is 184 cm³/mol. The molecule has 0 radical (unpaired) electrons. The Morgan fingerprint density at radius 2 is 1.62 bits per heavy atom. The maximum Gasteiger partial charge on any atom is 0.435 e. The lowest BCUT2D eigenvalue weighted by molar-refractivity contribution is -0.117. The second-order valence-corrected chi connectivity index (χ2v) is 13.4. The van der Waals surface area contributed by atoms with Gasteiger partial charge in [0, 0.05) is 35.5 Å². The fourth-order valence-electron chi connectivity index (χ4n) is 5.01. The second-order valence-electron chi connectivity index (χ2n) is 13.4. The third-order valence-corrected chi connectivity index (χ3v) is 7.12. The number of carbonyl (C=O) groups is 3. The zero-order valence-corrected chi connectivity index (χ0v) is 28.0. The minimum Gasteiger partial charge on any atom is -0.489 e. The Hall–Kier alpha value is -5.58. The van der Waals surface area contributed by atoms with Crippen molar-refractivity contribution in [2.45, 2.75) is 65.3 Å². The molecular formula is C37H41N5O6. The van der Waals surface area contributed by atoms with Crippen LogP contribution in [0.5, 0.6) is 5.75 Å². The van der Waals surface area contributed by atoms with Gasteiger partial charge in [-0.1, -0.05) is 54.6 Å². The molecule has 0 saturated heterocycles. The number of hydrogen-bond donors (Lipinski definition) is 3. The first-order chi connectivity index (χ1) is 22.8. The van der Waals surface area contributed by atoms with Crippen molar-refractivity contribution in [1.82, 2.24) is 20.1 Å². The van der Waals surface area contributed by atoms with Crippen LogP contribution in [0.25, 0.3) is 22.0 Å². The Bertz CT molecular complexity index is 1900. The highest BCUT2D eigenvalue weighted by Crippen LogP contribution is 2.33. The molecule has 2 aromatic heterocycles. The summed E-state index contributed by atoms with van der Waals surface area (Å²) < 4.78 is 18.0. The van der Waals surface area contributed by atoms with E-state index >= 15 is 0 Å². The van der Waals surface area contributed by atoms with Gasteiger partial charge in [0.25, 0.3) is 0 Å². The van der Waals surface area contributed by atoms with Crippen molar-refractivity contribution in [1.29, 1.82) is 0 Å². The van der Waals surface area contributed by atoms with E-state index in [-0.39, 0.29) is 12.5 Å². The van der Waals surface area contributed by atoms with Crippen molar-refractivity contribution >= 4 is 34.7 Å².